The Labute approximate surface area is 706 Å². The number of anilines is 8. The van der Waals surface area contributed by atoms with E-state index in [0.717, 1.165) is 56.0 Å². The average molecular weight is 1720 g/mol. The molecule has 0 spiro atoms. The number of nitrogens with two attached hydrogens (primary N) is 1. The molecule has 13 N–H and O–H groups in total. The van der Waals surface area contributed by atoms with Crippen molar-refractivity contribution in [1.29, 1.82) is 16.2 Å². The van der Waals surface area contributed by atoms with Crippen LogP contribution in [0, 0.1) is 16.2 Å². The zero-order valence-corrected chi connectivity index (χ0v) is 68.4. The molecule has 10 heterocycles. The molecule has 14 rings (SSSR count). The molecule has 0 saturated carbocycles. The molecule has 28 nitrogen and oxygen atoms in total. The van der Waals surface area contributed by atoms with Gasteiger partial charge in [0.05, 0.1) is 49.4 Å². The van der Waals surface area contributed by atoms with E-state index in [-0.39, 0.29) is 53.1 Å². The van der Waals surface area contributed by atoms with Crippen molar-refractivity contribution in [3.05, 3.63) is 300 Å². The number of amides is 8. The number of aliphatic imine (C=N–C) groups is 1. The summed E-state index contributed by atoms with van der Waals surface area (Å²) in [6, 6.07) is 46.8. The molecular formula is C81H70Cl4N20O8S4. The molecule has 0 aliphatic carbocycles. The number of nitrogen functional groups attached to an aromatic ring is 1. The third-order valence-electron chi connectivity index (χ3n) is 17.0. The zero-order chi connectivity index (χ0) is 83.2. The third-order valence-corrected chi connectivity index (χ3v) is 21.5. The maximum absolute atomic E-state index is 12.7. The SMILES string of the molecule is CN(C)C(=N)c1ccc(C(=O)Nc2ccsc2C(=O)Nc2ccc(Cl)cn2)cc1.CN1CCN=C1c1ccc(C(=O)Nc2ccsc2C(=O)Nc2ccc(Cl)cn2)cc1.N=C(N)c1ccc(C(=O)Nc2ccsc2C(=O)Nc2ccc(Cl)cn2)cc1.N=C(c1ccc(C(=O)Nc2ccsc2C(=O)Nc2ccc(Cl)cn2)cc1)N1CCCC1. The summed E-state index contributed by atoms with van der Waals surface area (Å²) in [7, 11) is 5.56. The van der Waals surface area contributed by atoms with Gasteiger partial charge in [-0.15, -0.1) is 45.3 Å². The standard InChI is InChI=1S/C22H20ClN5O2S.C21H18ClN5O2S.C20H18ClN5O2S.C18H14ClN5O2S/c23-16-7-8-18(25-13-16)27-22(30)19-17(9-12-31-19)26-21(29)15-5-3-14(4-6-15)20(24)28-10-1-2-11-28;1-27-10-9-23-19(27)13-2-4-14(5-3-13)20(28)25-16-8-11-30-18(16)21(29)26-17-7-6-15(22)12-24-17;1-26(2)18(22)12-3-5-13(6-4-12)19(27)24-15-9-10-29-17(15)20(28)25-16-8-7-14(21)11-23-16;19-12-5-6-14(22-9-12)24-18(26)15-13(7-8-27-15)23-17(25)11-3-1-10(2-4-11)16(20)21/h3-9,12-13,24H,1-2,10-11H2,(H,26,29)(H,25,27,30);2-8,11-12H,9-10H2,1H3,(H,25,28)(H,24,26,29);3-11,22H,1-2H3,(H,24,27)(H,23,25,28);1-9H,(H3,20,21)(H,23,25)(H,22,24,26). The van der Waals surface area contributed by atoms with Crippen molar-refractivity contribution < 1.29 is 38.4 Å². The van der Waals surface area contributed by atoms with Gasteiger partial charge in [-0.2, -0.15) is 0 Å². The smallest absolute Gasteiger partial charge is 0.269 e. The lowest BCUT2D eigenvalue weighted by atomic mass is 10.1. The molecule has 12 aromatic rings. The van der Waals surface area contributed by atoms with Crippen molar-refractivity contribution in [2.24, 2.45) is 10.7 Å². The van der Waals surface area contributed by atoms with Gasteiger partial charge in [0.25, 0.3) is 47.3 Å². The van der Waals surface area contributed by atoms with Crippen molar-refractivity contribution in [3.63, 3.8) is 0 Å². The summed E-state index contributed by atoms with van der Waals surface area (Å²) >= 11 is 28.1. The molecule has 117 heavy (non-hydrogen) atoms. The number of halogens is 4. The number of thiophene rings is 4. The average Bonchev–Trinajstić information content (AvgIpc) is 1.76. The number of pyridine rings is 4. The van der Waals surface area contributed by atoms with Gasteiger partial charge in [-0.3, -0.25) is 59.6 Å². The molecule has 0 radical (unpaired) electrons. The van der Waals surface area contributed by atoms with Crippen molar-refractivity contribution in [2.75, 3.05) is 89.9 Å². The molecular weight excluding hydrogens is 1650 g/mol. The number of carbonyl (C=O) groups is 8. The molecule has 0 bridgehead atoms. The van der Waals surface area contributed by atoms with Crippen LogP contribution in [0.25, 0.3) is 0 Å². The summed E-state index contributed by atoms with van der Waals surface area (Å²) in [6.45, 7) is 3.47. The zero-order valence-electron chi connectivity index (χ0n) is 62.1. The van der Waals surface area contributed by atoms with Gasteiger partial charge in [0, 0.05) is 110 Å². The summed E-state index contributed by atoms with van der Waals surface area (Å²) in [5, 5.41) is 54.3. The molecule has 1 saturated heterocycles. The van der Waals surface area contributed by atoms with Gasteiger partial charge in [-0.1, -0.05) is 94.9 Å². The molecule has 8 aromatic heterocycles. The van der Waals surface area contributed by atoms with Crippen LogP contribution in [-0.2, 0) is 0 Å². The number of carbonyl (C=O) groups excluding carboxylic acids is 8. The number of aromatic nitrogens is 4. The van der Waals surface area contributed by atoms with Crippen LogP contribution >= 0.6 is 91.8 Å². The minimum Gasteiger partial charge on any atom is -0.384 e. The van der Waals surface area contributed by atoms with Gasteiger partial charge in [-0.25, -0.2) is 19.9 Å². The van der Waals surface area contributed by atoms with Gasteiger partial charge in [0.15, 0.2) is 0 Å². The first-order valence-corrected chi connectivity index (χ1v) is 40.2. The normalized spacial score (nSPS) is 11.8. The van der Waals surface area contributed by atoms with Crippen LogP contribution in [0.4, 0.5) is 46.0 Å². The number of likely N-dealkylation sites (N-methyl/N-ethyl adjacent to an activating group) is 1. The fourth-order valence-corrected chi connectivity index (χ4v) is 14.4. The van der Waals surface area contributed by atoms with Gasteiger partial charge in [0.2, 0.25) is 0 Å². The van der Waals surface area contributed by atoms with Crippen LogP contribution < -0.4 is 48.3 Å². The lowest BCUT2D eigenvalue weighted by Gasteiger charge is -2.18. The number of amidine groups is 4. The predicted octanol–water partition coefficient (Wildman–Crippen LogP) is 16.5. The second-order valence-electron chi connectivity index (χ2n) is 25.4. The van der Waals surface area contributed by atoms with Crippen molar-refractivity contribution in [2.45, 2.75) is 12.8 Å². The Morgan fingerprint density at radius 3 is 0.940 bits per heavy atom. The van der Waals surface area contributed by atoms with Crippen molar-refractivity contribution in [3.8, 4) is 0 Å². The van der Waals surface area contributed by atoms with Crippen LogP contribution in [0.15, 0.2) is 221 Å². The predicted molar refractivity (Wildman–Crippen MR) is 467 cm³/mol. The Bertz CT molecular complexity index is 5650. The summed E-state index contributed by atoms with van der Waals surface area (Å²) in [5.41, 5.74) is 11.8. The Hall–Kier alpha value is -12.9. The monoisotopic (exact) mass is 1720 g/mol. The van der Waals surface area contributed by atoms with Crippen LogP contribution in [0.2, 0.25) is 20.1 Å². The van der Waals surface area contributed by atoms with Crippen molar-refractivity contribution >= 4 is 208 Å². The van der Waals surface area contributed by atoms with Gasteiger partial charge < -0.3 is 63.0 Å². The number of nitrogens with zero attached hydrogens (tertiary/aromatic N) is 8. The first-order valence-electron chi connectivity index (χ1n) is 35.2. The number of nitrogens with one attached hydrogen (secondary N) is 11. The molecule has 36 heteroatoms. The topological polar surface area (TPSA) is 404 Å². The van der Waals surface area contributed by atoms with Gasteiger partial charge in [0.1, 0.15) is 66.1 Å². The highest BCUT2D eigenvalue weighted by Crippen LogP contribution is 2.30. The van der Waals surface area contributed by atoms with Crippen LogP contribution in [0.1, 0.15) is 115 Å². The van der Waals surface area contributed by atoms with E-state index in [2.05, 4.69) is 72.4 Å². The number of hydrogen-bond acceptors (Lipinski definition) is 21. The summed E-state index contributed by atoms with van der Waals surface area (Å²) in [6.07, 6.45) is 7.97. The Kier molecular flexibility index (Phi) is 29.3. The molecule has 4 aromatic carbocycles. The second kappa shape index (κ2) is 40.4. The Morgan fingerprint density at radius 2 is 0.667 bits per heavy atom. The number of rotatable bonds is 20. The van der Waals surface area contributed by atoms with Crippen LogP contribution in [0.3, 0.4) is 0 Å². The number of likely N-dealkylation sites (tertiary alicyclic amines) is 1. The first-order chi connectivity index (χ1) is 56.3. The maximum atomic E-state index is 12.7. The van der Waals surface area contributed by atoms with E-state index in [9.17, 15) is 38.4 Å². The third kappa shape index (κ3) is 23.4. The first kappa shape index (κ1) is 85.0. The summed E-state index contributed by atoms with van der Waals surface area (Å²) in [5.74, 6) is 0.347. The number of hydrogen-bond donors (Lipinski definition) is 12. The molecule has 0 atom stereocenters. The Balaban J connectivity index is 0.000000153. The highest BCUT2D eigenvalue weighted by atomic mass is 35.5. The largest absolute Gasteiger partial charge is 0.384 e. The van der Waals surface area contributed by atoms with Gasteiger partial charge >= 0.3 is 0 Å². The molecule has 594 valence electrons. The van der Waals surface area contributed by atoms with E-state index in [1.54, 1.807) is 198 Å². The highest BCUT2D eigenvalue weighted by Gasteiger charge is 2.24. The van der Waals surface area contributed by atoms with E-state index < -0.39 is 0 Å². The fraction of sp³-hybridized carbons (Fsp3) is 0.111. The Morgan fingerprint density at radius 1 is 0.376 bits per heavy atom. The van der Waals surface area contributed by atoms with E-state index in [1.165, 1.54) is 70.1 Å². The minimum atomic E-state index is -0.387. The molecule has 2 aliphatic rings. The van der Waals surface area contributed by atoms with Crippen LogP contribution in [-0.4, -0.2) is 153 Å². The van der Waals surface area contributed by atoms with E-state index in [4.69, 9.17) is 68.4 Å². The molecule has 2 aliphatic heterocycles. The number of benzene rings is 4. The van der Waals surface area contributed by atoms with Gasteiger partial charge in [-0.05, 0) is 156 Å². The summed E-state index contributed by atoms with van der Waals surface area (Å²) in [4.78, 5) is 128. The fourth-order valence-electron chi connectivity index (χ4n) is 11.0. The molecule has 0 unspecified atom stereocenters. The second-order valence-corrected chi connectivity index (χ2v) is 30.8. The summed E-state index contributed by atoms with van der Waals surface area (Å²) < 4.78 is 0. The van der Waals surface area contributed by atoms with Crippen molar-refractivity contribution in [1.82, 2.24) is 34.6 Å². The minimum absolute atomic E-state index is 0.0745. The lowest BCUT2D eigenvalue weighted by Crippen LogP contribution is -2.27. The lowest BCUT2D eigenvalue weighted by molar-refractivity contribution is 0.101. The maximum Gasteiger partial charge on any atom is 0.269 e. The highest BCUT2D eigenvalue weighted by molar-refractivity contribution is 7.14. The van der Waals surface area contributed by atoms with E-state index in [0.29, 0.717) is 131 Å². The quantitative estimate of drug-likeness (QED) is 0.0249. The van der Waals surface area contributed by atoms with E-state index in [1.807, 2.05) is 24.1 Å². The molecule has 8 amide bonds. The van der Waals surface area contributed by atoms with Crippen LogP contribution in [0.5, 0.6) is 0 Å². The molecule has 1 fully saturated rings. The van der Waals surface area contributed by atoms with E-state index >= 15 is 0 Å².